The SMILES string of the molecule is C.CC.C[C@@H]1CC[C@H](O)CN1C(=O)OC(C)(C)C. The number of carbonyl (C=O) groups excluding carboxylic acids is 1. The third-order valence-electron chi connectivity index (χ3n) is 2.49. The molecule has 4 heteroatoms. The van der Waals surface area contributed by atoms with Crippen LogP contribution in [0, 0.1) is 0 Å². The summed E-state index contributed by atoms with van der Waals surface area (Å²) in [7, 11) is 0. The number of aliphatic hydroxyl groups excluding tert-OH is 1. The number of amides is 1. The Balaban J connectivity index is 0. The van der Waals surface area contributed by atoms with Crippen LogP contribution in [0.5, 0.6) is 0 Å². The van der Waals surface area contributed by atoms with Gasteiger partial charge in [-0.05, 0) is 40.5 Å². The van der Waals surface area contributed by atoms with Crippen LogP contribution in [-0.2, 0) is 4.74 Å². The molecule has 0 aromatic heterocycles. The van der Waals surface area contributed by atoms with Gasteiger partial charge in [0.05, 0.1) is 12.6 Å². The lowest BCUT2D eigenvalue weighted by Gasteiger charge is -2.36. The maximum absolute atomic E-state index is 11.8. The van der Waals surface area contributed by atoms with Crippen LogP contribution in [0.2, 0.25) is 0 Å². The average molecular weight is 261 g/mol. The van der Waals surface area contributed by atoms with E-state index in [0.717, 1.165) is 12.8 Å². The molecule has 1 fully saturated rings. The number of likely N-dealkylation sites (tertiary alicyclic amines) is 1. The zero-order chi connectivity index (χ0) is 13.6. The van der Waals surface area contributed by atoms with Gasteiger partial charge in [-0.1, -0.05) is 21.3 Å². The number of β-amino-alcohol motifs (C(OH)–C–C–N with tert-alkyl or cyclic N) is 1. The summed E-state index contributed by atoms with van der Waals surface area (Å²) in [4.78, 5) is 13.4. The highest BCUT2D eigenvalue weighted by Gasteiger charge is 2.31. The minimum atomic E-state index is -0.473. The summed E-state index contributed by atoms with van der Waals surface area (Å²) in [6.45, 7) is 11.9. The molecule has 0 saturated carbocycles. The van der Waals surface area contributed by atoms with Crippen molar-refractivity contribution in [3.05, 3.63) is 0 Å². The lowest BCUT2D eigenvalue weighted by molar-refractivity contribution is -0.00987. The standard InChI is InChI=1S/C11H21NO3.C2H6.CH4/c1-8-5-6-9(13)7-12(8)10(14)15-11(2,3)4;1-2;/h8-9,13H,5-7H2,1-4H3;1-2H3;1H4/t8-,9+;;/m1../s1. The van der Waals surface area contributed by atoms with Gasteiger partial charge >= 0.3 is 6.09 Å². The zero-order valence-electron chi connectivity index (χ0n) is 12.0. The minimum absolute atomic E-state index is 0. The van der Waals surface area contributed by atoms with E-state index in [0.29, 0.717) is 6.54 Å². The summed E-state index contributed by atoms with van der Waals surface area (Å²) >= 11 is 0. The van der Waals surface area contributed by atoms with Gasteiger partial charge in [0.2, 0.25) is 0 Å². The Bertz CT molecular complexity index is 236. The Labute approximate surface area is 112 Å². The van der Waals surface area contributed by atoms with Gasteiger partial charge in [-0.15, -0.1) is 0 Å². The van der Waals surface area contributed by atoms with E-state index in [-0.39, 0.29) is 19.6 Å². The molecule has 18 heavy (non-hydrogen) atoms. The summed E-state index contributed by atoms with van der Waals surface area (Å²) in [5, 5.41) is 9.50. The first-order valence-electron chi connectivity index (χ1n) is 6.47. The van der Waals surface area contributed by atoms with Crippen molar-refractivity contribution in [3.8, 4) is 0 Å². The Morgan fingerprint density at radius 1 is 1.28 bits per heavy atom. The van der Waals surface area contributed by atoms with Gasteiger partial charge < -0.3 is 14.7 Å². The molecule has 1 rings (SSSR count). The van der Waals surface area contributed by atoms with Crippen LogP contribution < -0.4 is 0 Å². The Kier molecular flexibility index (Phi) is 9.08. The molecule has 1 aliphatic heterocycles. The van der Waals surface area contributed by atoms with Crippen molar-refractivity contribution in [2.24, 2.45) is 0 Å². The molecule has 0 aromatic rings. The van der Waals surface area contributed by atoms with E-state index < -0.39 is 11.7 Å². The lowest BCUT2D eigenvalue weighted by Crippen LogP contribution is -2.49. The van der Waals surface area contributed by atoms with Crippen LogP contribution in [0.3, 0.4) is 0 Å². The first-order chi connectivity index (χ1) is 7.79. The van der Waals surface area contributed by atoms with Crippen molar-refractivity contribution in [2.45, 2.75) is 79.6 Å². The van der Waals surface area contributed by atoms with Gasteiger partial charge in [-0.2, -0.15) is 0 Å². The van der Waals surface area contributed by atoms with Crippen molar-refractivity contribution >= 4 is 6.09 Å². The first-order valence-corrected chi connectivity index (χ1v) is 6.47. The van der Waals surface area contributed by atoms with Crippen LogP contribution in [0.15, 0.2) is 0 Å². The molecule has 0 radical (unpaired) electrons. The molecule has 0 bridgehead atoms. The lowest BCUT2D eigenvalue weighted by atomic mass is 10.0. The molecule has 0 aromatic carbocycles. The second kappa shape index (κ2) is 8.35. The average Bonchev–Trinajstić information content (AvgIpc) is 2.22. The predicted molar refractivity (Wildman–Crippen MR) is 75.7 cm³/mol. The molecular weight excluding hydrogens is 230 g/mol. The minimum Gasteiger partial charge on any atom is -0.444 e. The van der Waals surface area contributed by atoms with Crippen molar-refractivity contribution in [1.82, 2.24) is 4.90 Å². The van der Waals surface area contributed by atoms with Crippen molar-refractivity contribution < 1.29 is 14.6 Å². The van der Waals surface area contributed by atoms with Gasteiger partial charge in [0.25, 0.3) is 0 Å². The molecule has 1 saturated heterocycles. The van der Waals surface area contributed by atoms with Gasteiger partial charge in [-0.3, -0.25) is 0 Å². The van der Waals surface area contributed by atoms with Crippen LogP contribution >= 0.6 is 0 Å². The molecule has 0 unspecified atom stereocenters. The molecule has 2 atom stereocenters. The van der Waals surface area contributed by atoms with Crippen LogP contribution in [-0.4, -0.2) is 40.4 Å². The van der Waals surface area contributed by atoms with E-state index in [9.17, 15) is 9.90 Å². The van der Waals surface area contributed by atoms with Crippen molar-refractivity contribution in [2.75, 3.05) is 6.54 Å². The fourth-order valence-electron chi connectivity index (χ4n) is 1.66. The van der Waals surface area contributed by atoms with Crippen molar-refractivity contribution in [1.29, 1.82) is 0 Å². The van der Waals surface area contributed by atoms with Crippen molar-refractivity contribution in [3.63, 3.8) is 0 Å². The van der Waals surface area contributed by atoms with E-state index in [1.54, 1.807) is 4.90 Å². The number of aliphatic hydroxyl groups is 1. The van der Waals surface area contributed by atoms with E-state index >= 15 is 0 Å². The number of hydrogen-bond donors (Lipinski definition) is 1. The van der Waals surface area contributed by atoms with Crippen LogP contribution in [0.1, 0.15) is 61.8 Å². The molecule has 1 heterocycles. The topological polar surface area (TPSA) is 49.8 Å². The normalized spacial score (nSPS) is 23.4. The highest BCUT2D eigenvalue weighted by molar-refractivity contribution is 5.68. The van der Waals surface area contributed by atoms with E-state index in [2.05, 4.69) is 0 Å². The van der Waals surface area contributed by atoms with Gasteiger partial charge in [-0.25, -0.2) is 4.79 Å². The van der Waals surface area contributed by atoms with Crippen LogP contribution in [0.4, 0.5) is 4.79 Å². The van der Waals surface area contributed by atoms with E-state index in [4.69, 9.17) is 4.74 Å². The summed E-state index contributed by atoms with van der Waals surface area (Å²) in [5.74, 6) is 0. The van der Waals surface area contributed by atoms with Gasteiger partial charge in [0, 0.05) is 6.04 Å². The number of hydrogen-bond acceptors (Lipinski definition) is 3. The fraction of sp³-hybridized carbons (Fsp3) is 0.929. The highest BCUT2D eigenvalue weighted by Crippen LogP contribution is 2.20. The number of rotatable bonds is 0. The maximum Gasteiger partial charge on any atom is 0.410 e. The van der Waals surface area contributed by atoms with E-state index in [1.807, 2.05) is 41.5 Å². The number of nitrogens with zero attached hydrogens (tertiary/aromatic N) is 1. The second-order valence-electron chi connectivity index (χ2n) is 5.21. The summed E-state index contributed by atoms with van der Waals surface area (Å²) in [6.07, 6.45) is 0.864. The molecule has 1 amide bonds. The molecule has 1 aliphatic rings. The molecular formula is C14H31NO3. The van der Waals surface area contributed by atoms with Gasteiger partial charge in [0.15, 0.2) is 0 Å². The largest absolute Gasteiger partial charge is 0.444 e. The Hall–Kier alpha value is -0.770. The predicted octanol–water partition coefficient (Wildman–Crippen LogP) is 3.43. The van der Waals surface area contributed by atoms with Gasteiger partial charge in [0.1, 0.15) is 5.60 Å². The summed E-state index contributed by atoms with van der Waals surface area (Å²) < 4.78 is 5.27. The summed E-state index contributed by atoms with van der Waals surface area (Å²) in [6, 6.07) is 0.156. The fourth-order valence-corrected chi connectivity index (χ4v) is 1.66. The monoisotopic (exact) mass is 261 g/mol. The molecule has 1 N–H and O–H groups in total. The molecule has 0 aliphatic carbocycles. The smallest absolute Gasteiger partial charge is 0.410 e. The molecule has 4 nitrogen and oxygen atoms in total. The Morgan fingerprint density at radius 3 is 2.22 bits per heavy atom. The Morgan fingerprint density at radius 2 is 1.78 bits per heavy atom. The second-order valence-corrected chi connectivity index (χ2v) is 5.21. The first kappa shape index (κ1) is 19.6. The third kappa shape index (κ3) is 6.84. The van der Waals surface area contributed by atoms with E-state index in [1.165, 1.54) is 0 Å². The maximum atomic E-state index is 11.8. The van der Waals surface area contributed by atoms with Crippen LogP contribution in [0.25, 0.3) is 0 Å². The quantitative estimate of drug-likeness (QED) is 0.727. The summed E-state index contributed by atoms with van der Waals surface area (Å²) in [5.41, 5.74) is -0.473. The zero-order valence-corrected chi connectivity index (χ0v) is 12.0. The molecule has 110 valence electrons. The molecule has 0 spiro atoms. The highest BCUT2D eigenvalue weighted by atomic mass is 16.6. The number of ether oxygens (including phenoxy) is 1. The third-order valence-corrected chi connectivity index (χ3v) is 2.49. The number of carbonyl (C=O) groups is 1. The number of piperidine rings is 1.